The molecule has 2 N–H and O–H groups in total. The van der Waals surface area contributed by atoms with E-state index in [1.165, 1.54) is 10.8 Å². The van der Waals surface area contributed by atoms with Crippen molar-refractivity contribution in [2.24, 2.45) is 5.73 Å². The van der Waals surface area contributed by atoms with Crippen LogP contribution in [0.5, 0.6) is 0 Å². The summed E-state index contributed by atoms with van der Waals surface area (Å²) in [6.45, 7) is 0. The van der Waals surface area contributed by atoms with Crippen LogP contribution in [-0.2, 0) is 0 Å². The molecular weight excluding hydrogens is 302 g/mol. The first-order valence-corrected chi connectivity index (χ1v) is 8.29. The van der Waals surface area contributed by atoms with Crippen LogP contribution in [0.2, 0.25) is 0 Å². The van der Waals surface area contributed by atoms with Gasteiger partial charge in [-0.05, 0) is 34.5 Å². The molecule has 0 bridgehead atoms. The minimum atomic E-state index is -0.211. The fourth-order valence-electron chi connectivity index (χ4n) is 2.63. The van der Waals surface area contributed by atoms with Crippen molar-refractivity contribution in [3.63, 3.8) is 0 Å². The molecule has 2 aromatic heterocycles. The van der Waals surface area contributed by atoms with Crippen LogP contribution in [0.25, 0.3) is 22.0 Å². The summed E-state index contributed by atoms with van der Waals surface area (Å²) in [4.78, 5) is 8.77. The van der Waals surface area contributed by atoms with Gasteiger partial charge in [-0.2, -0.15) is 0 Å². The molecule has 0 spiro atoms. The van der Waals surface area contributed by atoms with Crippen molar-refractivity contribution in [2.75, 3.05) is 0 Å². The summed E-state index contributed by atoms with van der Waals surface area (Å²) in [6, 6.07) is 18.4. The first-order valence-electron chi connectivity index (χ1n) is 7.41. The largest absolute Gasteiger partial charge is 0.318 e. The van der Waals surface area contributed by atoms with Gasteiger partial charge in [-0.1, -0.05) is 36.4 Å². The molecule has 2 heterocycles. The van der Waals surface area contributed by atoms with E-state index < -0.39 is 0 Å². The maximum absolute atomic E-state index is 6.32. The van der Waals surface area contributed by atoms with Crippen LogP contribution in [0.1, 0.15) is 16.6 Å². The summed E-state index contributed by atoms with van der Waals surface area (Å²) in [5.74, 6) is 0. The highest BCUT2D eigenvalue weighted by atomic mass is 32.1. The smallest absolute Gasteiger partial charge is 0.115 e. The summed E-state index contributed by atoms with van der Waals surface area (Å²) in [7, 11) is 0. The number of benzene rings is 2. The quantitative estimate of drug-likeness (QED) is 0.609. The molecule has 2 aromatic carbocycles. The van der Waals surface area contributed by atoms with Crippen LogP contribution in [0, 0.1) is 0 Å². The van der Waals surface area contributed by atoms with Gasteiger partial charge in [0.25, 0.3) is 0 Å². The van der Waals surface area contributed by atoms with Crippen molar-refractivity contribution in [1.82, 2.24) is 9.97 Å². The molecule has 0 saturated carbocycles. The van der Waals surface area contributed by atoms with E-state index in [9.17, 15) is 0 Å². The van der Waals surface area contributed by atoms with Gasteiger partial charge in [0.15, 0.2) is 0 Å². The molecule has 112 valence electrons. The van der Waals surface area contributed by atoms with E-state index in [1.54, 1.807) is 23.7 Å². The maximum atomic E-state index is 6.32. The normalized spacial score (nSPS) is 12.4. The van der Waals surface area contributed by atoms with E-state index in [4.69, 9.17) is 10.7 Å². The average Bonchev–Trinajstić information content (AvgIpc) is 3.11. The molecule has 23 heavy (non-hydrogen) atoms. The third kappa shape index (κ3) is 2.74. The Labute approximate surface area is 138 Å². The predicted octanol–water partition coefficient (Wildman–Crippen LogP) is 4.41. The Hall–Kier alpha value is -2.56. The van der Waals surface area contributed by atoms with Gasteiger partial charge >= 0.3 is 0 Å². The lowest BCUT2D eigenvalue weighted by atomic mass is 10.1. The van der Waals surface area contributed by atoms with Gasteiger partial charge in [0.05, 0.1) is 11.7 Å². The zero-order valence-electron chi connectivity index (χ0n) is 12.4. The lowest BCUT2D eigenvalue weighted by molar-refractivity contribution is 0.855. The van der Waals surface area contributed by atoms with Crippen molar-refractivity contribution in [3.8, 4) is 11.3 Å². The van der Waals surface area contributed by atoms with Crippen molar-refractivity contribution < 1.29 is 0 Å². The first-order chi connectivity index (χ1) is 11.3. The Morgan fingerprint density at radius 3 is 2.52 bits per heavy atom. The third-order valence-corrected chi connectivity index (χ3v) is 4.83. The number of nitrogens with zero attached hydrogens (tertiary/aromatic N) is 2. The number of hydrogen-bond acceptors (Lipinski definition) is 4. The van der Waals surface area contributed by atoms with Crippen LogP contribution in [0.3, 0.4) is 0 Å². The number of hydrogen-bond donors (Lipinski definition) is 1. The van der Waals surface area contributed by atoms with E-state index >= 15 is 0 Å². The van der Waals surface area contributed by atoms with E-state index in [0.717, 1.165) is 21.8 Å². The molecule has 4 rings (SSSR count). The van der Waals surface area contributed by atoms with Gasteiger partial charge in [0.2, 0.25) is 0 Å². The molecule has 0 fully saturated rings. The summed E-state index contributed by atoms with van der Waals surface area (Å²) in [6.07, 6.45) is 3.51. The average molecular weight is 317 g/mol. The van der Waals surface area contributed by atoms with E-state index in [2.05, 4.69) is 52.8 Å². The Balaban J connectivity index is 1.69. The van der Waals surface area contributed by atoms with Crippen LogP contribution in [0.15, 0.2) is 72.4 Å². The summed E-state index contributed by atoms with van der Waals surface area (Å²) in [5.41, 5.74) is 9.44. The molecular formula is C19H15N3S. The third-order valence-electron chi connectivity index (χ3n) is 3.90. The van der Waals surface area contributed by atoms with Gasteiger partial charge in [-0.15, -0.1) is 11.3 Å². The molecule has 0 radical (unpaired) electrons. The molecule has 0 aliphatic heterocycles. The van der Waals surface area contributed by atoms with Crippen molar-refractivity contribution in [3.05, 3.63) is 82.9 Å². The number of fused-ring (bicyclic) bond motifs is 1. The van der Waals surface area contributed by atoms with Gasteiger partial charge < -0.3 is 5.73 Å². The Morgan fingerprint density at radius 2 is 1.70 bits per heavy atom. The number of rotatable bonds is 3. The van der Waals surface area contributed by atoms with Crippen LogP contribution in [-0.4, -0.2) is 9.97 Å². The van der Waals surface area contributed by atoms with Crippen LogP contribution >= 0.6 is 11.3 Å². The second-order valence-corrected chi connectivity index (χ2v) is 6.28. The SMILES string of the molecule is NC(c1ccncc1)c1nc(-c2ccc3ccccc3c2)cs1. The number of pyridine rings is 1. The highest BCUT2D eigenvalue weighted by molar-refractivity contribution is 7.10. The minimum Gasteiger partial charge on any atom is -0.318 e. The second kappa shape index (κ2) is 5.91. The van der Waals surface area contributed by atoms with Gasteiger partial charge in [0.1, 0.15) is 5.01 Å². The standard InChI is InChI=1S/C19H15N3S/c20-18(14-7-9-21-10-8-14)19-22-17(12-23-19)16-6-5-13-3-1-2-4-15(13)11-16/h1-12,18H,20H2. The summed E-state index contributed by atoms with van der Waals surface area (Å²) < 4.78 is 0. The molecule has 4 heteroatoms. The van der Waals surface area contributed by atoms with Crippen LogP contribution < -0.4 is 5.73 Å². The number of thiazole rings is 1. The Bertz CT molecular complexity index is 947. The van der Waals surface area contributed by atoms with Gasteiger partial charge in [-0.3, -0.25) is 4.98 Å². The number of nitrogens with two attached hydrogens (primary N) is 1. The van der Waals surface area contributed by atoms with Crippen molar-refractivity contribution in [1.29, 1.82) is 0 Å². The number of aromatic nitrogens is 2. The van der Waals surface area contributed by atoms with Crippen molar-refractivity contribution in [2.45, 2.75) is 6.04 Å². The van der Waals surface area contributed by atoms with Crippen LogP contribution in [0.4, 0.5) is 0 Å². The molecule has 0 amide bonds. The molecule has 0 saturated heterocycles. The molecule has 3 nitrogen and oxygen atoms in total. The van der Waals surface area contributed by atoms with E-state index in [0.29, 0.717) is 0 Å². The summed E-state index contributed by atoms with van der Waals surface area (Å²) in [5, 5.41) is 5.44. The highest BCUT2D eigenvalue weighted by Crippen LogP contribution is 2.29. The molecule has 0 aliphatic rings. The second-order valence-electron chi connectivity index (χ2n) is 5.39. The molecule has 0 aliphatic carbocycles. The maximum Gasteiger partial charge on any atom is 0.115 e. The molecule has 4 aromatic rings. The first kappa shape index (κ1) is 14.1. The fourth-order valence-corrected chi connectivity index (χ4v) is 3.48. The van der Waals surface area contributed by atoms with Crippen molar-refractivity contribution >= 4 is 22.1 Å². The van der Waals surface area contributed by atoms with E-state index in [-0.39, 0.29) is 6.04 Å². The lowest BCUT2D eigenvalue weighted by Gasteiger charge is -2.07. The van der Waals surface area contributed by atoms with Gasteiger partial charge in [0, 0.05) is 23.3 Å². The molecule has 1 unspecified atom stereocenters. The zero-order chi connectivity index (χ0) is 15.6. The zero-order valence-corrected chi connectivity index (χ0v) is 13.2. The summed E-state index contributed by atoms with van der Waals surface area (Å²) >= 11 is 1.60. The highest BCUT2D eigenvalue weighted by Gasteiger charge is 2.14. The predicted molar refractivity (Wildman–Crippen MR) is 95.3 cm³/mol. The monoisotopic (exact) mass is 317 g/mol. The topological polar surface area (TPSA) is 51.8 Å². The van der Waals surface area contributed by atoms with Gasteiger partial charge in [-0.25, -0.2) is 4.98 Å². The van der Waals surface area contributed by atoms with E-state index in [1.807, 2.05) is 12.1 Å². The Kier molecular flexibility index (Phi) is 3.61. The minimum absolute atomic E-state index is 0.211. The molecule has 1 atom stereocenters. The fraction of sp³-hybridized carbons (Fsp3) is 0.0526. The lowest BCUT2D eigenvalue weighted by Crippen LogP contribution is -2.11. The Morgan fingerprint density at radius 1 is 0.913 bits per heavy atom.